The van der Waals surface area contributed by atoms with Gasteiger partial charge in [-0.1, -0.05) is 79.0 Å². The van der Waals surface area contributed by atoms with E-state index < -0.39 is 20.8 Å². The van der Waals surface area contributed by atoms with E-state index in [-0.39, 0.29) is 5.54 Å². The van der Waals surface area contributed by atoms with Crippen LogP contribution in [0, 0.1) is 6.08 Å². The summed E-state index contributed by atoms with van der Waals surface area (Å²) in [5, 5.41) is 0. The van der Waals surface area contributed by atoms with Crippen molar-refractivity contribution >= 4 is 54.2 Å². The fourth-order valence-corrected chi connectivity index (χ4v) is 4.14. The molecule has 4 rings (SSSR count). The van der Waals surface area contributed by atoms with E-state index in [2.05, 4.69) is 77.6 Å². The zero-order valence-electron chi connectivity index (χ0n) is 16.7. The van der Waals surface area contributed by atoms with Crippen LogP contribution in [0.25, 0.3) is 5.73 Å². The maximum absolute atomic E-state index is 6.94. The van der Waals surface area contributed by atoms with Gasteiger partial charge in [-0.3, -0.25) is 0 Å². The van der Waals surface area contributed by atoms with E-state index in [1.54, 1.807) is 0 Å². The van der Waals surface area contributed by atoms with Crippen molar-refractivity contribution in [2.75, 3.05) is 0 Å². The molecule has 2 radical (unpaired) electrons. The molecule has 1 aliphatic heterocycles. The molecule has 148 valence electrons. The summed E-state index contributed by atoms with van der Waals surface area (Å²) in [5.74, 6) is 0.430. The van der Waals surface area contributed by atoms with Gasteiger partial charge in [0.15, 0.2) is 0 Å². The molecule has 2 aromatic carbocycles. The molecular formula is C21H24BrCl2NSSiZr. The van der Waals surface area contributed by atoms with Crippen LogP contribution < -0.4 is 0 Å². The van der Waals surface area contributed by atoms with E-state index in [1.165, 1.54) is 26.5 Å². The van der Waals surface area contributed by atoms with Gasteiger partial charge in [0.2, 0.25) is 0 Å². The topological polar surface area (TPSA) is 23.8 Å². The summed E-state index contributed by atoms with van der Waals surface area (Å²) in [5.41, 5.74) is 10.7. The molecule has 0 aromatic heterocycles. The van der Waals surface area contributed by atoms with Gasteiger partial charge in [-0.2, -0.15) is 11.6 Å². The van der Waals surface area contributed by atoms with Crippen LogP contribution in [-0.4, -0.2) is 15.1 Å². The zero-order valence-corrected chi connectivity index (χ0v) is 24.0. The molecule has 2 aromatic rings. The summed E-state index contributed by atoms with van der Waals surface area (Å²) in [4.78, 5) is 2.73. The molecule has 1 unspecified atom stereocenters. The average molecular weight is 593 g/mol. The van der Waals surface area contributed by atoms with Gasteiger partial charge < -0.3 is 5.73 Å². The number of halogens is 3. The molecule has 0 spiro atoms. The summed E-state index contributed by atoms with van der Waals surface area (Å²) < 4.78 is 1.13. The summed E-state index contributed by atoms with van der Waals surface area (Å²) in [7, 11) is 11.0. The van der Waals surface area contributed by atoms with E-state index in [0.717, 1.165) is 14.0 Å². The van der Waals surface area contributed by atoms with Crippen LogP contribution in [-0.2, 0) is 20.8 Å². The average Bonchev–Trinajstić information content (AvgIpc) is 3.09. The van der Waals surface area contributed by atoms with Crippen LogP contribution in [0.2, 0.25) is 13.1 Å². The van der Waals surface area contributed by atoms with Crippen molar-refractivity contribution < 1.29 is 20.8 Å². The van der Waals surface area contributed by atoms with Crippen molar-refractivity contribution in [1.82, 2.24) is 0 Å². The Hall–Kier alpha value is 0.650. The molecule has 0 amide bonds. The number of fused-ring (bicyclic) bond motifs is 5. The number of benzene rings is 2. The number of allylic oxidation sites excluding steroid dienone is 1. The minimum atomic E-state index is -0.826. The van der Waals surface area contributed by atoms with Crippen LogP contribution in [0.1, 0.15) is 43.4 Å². The Balaban J connectivity index is 0.000000301. The Bertz CT molecular complexity index is 788. The molecule has 1 N–H and O–H groups in total. The molecule has 7 heteroatoms. The van der Waals surface area contributed by atoms with E-state index in [0.29, 0.717) is 5.92 Å². The SMILES string of the molecule is Brc1ccc2c(c1)[C-]=C1Sc3ccccc3C12.CC(C)(C)[NH-].C[Si]C.[Cl][Zr+2][Cl]. The molecule has 1 heterocycles. The van der Waals surface area contributed by atoms with Gasteiger partial charge in [-0.05, 0) is 22.0 Å². The molecule has 0 bridgehead atoms. The van der Waals surface area contributed by atoms with Crippen molar-refractivity contribution in [2.45, 2.75) is 50.2 Å². The number of nitrogens with one attached hydrogen (secondary N) is 1. The predicted octanol–water partition coefficient (Wildman–Crippen LogP) is 8.74. The molecule has 28 heavy (non-hydrogen) atoms. The third-order valence-corrected chi connectivity index (χ3v) is 4.94. The van der Waals surface area contributed by atoms with Crippen molar-refractivity contribution in [3.05, 3.63) is 80.3 Å². The molecule has 1 nitrogen and oxygen atoms in total. The Morgan fingerprint density at radius 2 is 1.64 bits per heavy atom. The zero-order chi connectivity index (χ0) is 21.3. The van der Waals surface area contributed by atoms with Crippen LogP contribution in [0.4, 0.5) is 0 Å². The molecule has 1 atom stereocenters. The van der Waals surface area contributed by atoms with Gasteiger partial charge in [-0.25, -0.2) is 0 Å². The number of hydrogen-bond donors (Lipinski definition) is 0. The number of rotatable bonds is 0. The van der Waals surface area contributed by atoms with E-state index in [1.807, 2.05) is 32.5 Å². The van der Waals surface area contributed by atoms with Crippen LogP contribution >= 0.6 is 44.7 Å². The Kier molecular flexibility index (Phi) is 12.5. The third kappa shape index (κ3) is 8.79. The monoisotopic (exact) mass is 589 g/mol. The number of thioether (sulfide) groups is 1. The molecule has 1 aliphatic carbocycles. The van der Waals surface area contributed by atoms with Crippen molar-refractivity contribution in [3.8, 4) is 0 Å². The summed E-state index contributed by atoms with van der Waals surface area (Å²) in [6, 6.07) is 15.2. The second kappa shape index (κ2) is 13.1. The first-order chi connectivity index (χ1) is 13.2. The fraction of sp³-hybridized carbons (Fsp3) is 0.333. The Labute approximate surface area is 203 Å². The van der Waals surface area contributed by atoms with E-state index in [9.17, 15) is 0 Å². The Morgan fingerprint density at radius 1 is 1.11 bits per heavy atom. The number of hydrogen-bond acceptors (Lipinski definition) is 1. The van der Waals surface area contributed by atoms with Gasteiger partial charge in [0.1, 0.15) is 0 Å². The van der Waals surface area contributed by atoms with Crippen LogP contribution in [0.5, 0.6) is 0 Å². The van der Waals surface area contributed by atoms with Gasteiger partial charge in [0, 0.05) is 14.4 Å². The molecule has 0 saturated heterocycles. The third-order valence-electron chi connectivity index (χ3n) is 3.30. The minimum absolute atomic E-state index is 0.250. The van der Waals surface area contributed by atoms with Gasteiger partial charge in [-0.15, -0.1) is 35.0 Å². The summed E-state index contributed by atoms with van der Waals surface area (Å²) >= 11 is 4.55. The quantitative estimate of drug-likeness (QED) is 0.222. The first-order valence-corrected chi connectivity index (χ1v) is 18.6. The summed E-state index contributed by atoms with van der Waals surface area (Å²) in [6.07, 6.45) is 3.53. The van der Waals surface area contributed by atoms with Gasteiger partial charge >= 0.3 is 37.9 Å². The molecule has 2 aliphatic rings. The van der Waals surface area contributed by atoms with Gasteiger partial charge in [0.25, 0.3) is 0 Å². The summed E-state index contributed by atoms with van der Waals surface area (Å²) in [6.45, 7) is 9.87. The van der Waals surface area contributed by atoms with Crippen molar-refractivity contribution in [2.24, 2.45) is 0 Å². The molecule has 0 saturated carbocycles. The van der Waals surface area contributed by atoms with Gasteiger partial charge in [0.05, 0.1) is 0 Å². The first kappa shape index (κ1) is 26.7. The molecule has 0 fully saturated rings. The predicted molar refractivity (Wildman–Crippen MR) is 127 cm³/mol. The van der Waals surface area contributed by atoms with Crippen LogP contribution in [0.15, 0.2) is 56.7 Å². The Morgan fingerprint density at radius 3 is 2.21 bits per heavy atom. The first-order valence-electron chi connectivity index (χ1n) is 8.66. The maximum atomic E-state index is 6.94. The molecular weight excluding hydrogens is 568 g/mol. The normalized spacial score (nSPS) is 15.0. The fourth-order valence-electron chi connectivity index (χ4n) is 2.56. The standard InChI is InChI=1S/C15H8BrS.C4H10N.C2H6Si.2ClH.Zr/c16-10-5-6-11-9(7-10)8-14-15(11)12-3-1-2-4-13(12)17-14;1-4(2,3)5;1-3-2;;;/h1-7,15H;5H,1-3H3;1-2H3;2*1H;/q2*-1;;;;+4/p-2. The van der Waals surface area contributed by atoms with E-state index in [4.69, 9.17) is 22.8 Å². The second-order valence-corrected chi connectivity index (χ2v) is 13.8. The van der Waals surface area contributed by atoms with Crippen molar-refractivity contribution in [3.63, 3.8) is 0 Å². The second-order valence-electron chi connectivity index (χ2n) is 7.12. The van der Waals surface area contributed by atoms with E-state index >= 15 is 0 Å². The van der Waals surface area contributed by atoms with Crippen molar-refractivity contribution in [1.29, 1.82) is 0 Å². The van der Waals surface area contributed by atoms with Crippen LogP contribution in [0.3, 0.4) is 0 Å².